The standard InChI is InChI=1S/C18H20FN3O4/c1-10(23)22-15(16(24)21-9-18(4-5-18)17(25)26)6-11-8-20-14-7-12(19)2-3-13(11)14/h2-3,7-8,15,20H,4-6,9H2,1H3,(H,21,24)(H,22,23)(H,25,26). The van der Waals surface area contributed by atoms with Gasteiger partial charge in [0.15, 0.2) is 0 Å². The maximum atomic E-state index is 13.3. The van der Waals surface area contributed by atoms with Gasteiger partial charge in [-0.15, -0.1) is 0 Å². The van der Waals surface area contributed by atoms with Crippen molar-refractivity contribution in [2.75, 3.05) is 6.54 Å². The lowest BCUT2D eigenvalue weighted by Gasteiger charge is -2.19. The highest BCUT2D eigenvalue weighted by Gasteiger charge is 2.50. The van der Waals surface area contributed by atoms with Crippen molar-refractivity contribution in [1.82, 2.24) is 15.6 Å². The van der Waals surface area contributed by atoms with E-state index in [4.69, 9.17) is 0 Å². The highest BCUT2D eigenvalue weighted by atomic mass is 19.1. The number of amides is 2. The van der Waals surface area contributed by atoms with Gasteiger partial charge in [0.2, 0.25) is 11.8 Å². The number of nitrogens with one attached hydrogen (secondary N) is 3. The van der Waals surface area contributed by atoms with Crippen molar-refractivity contribution in [2.45, 2.75) is 32.2 Å². The Hall–Kier alpha value is -2.90. The van der Waals surface area contributed by atoms with E-state index in [-0.39, 0.29) is 24.7 Å². The first-order valence-corrected chi connectivity index (χ1v) is 8.34. The normalized spacial score (nSPS) is 16.1. The van der Waals surface area contributed by atoms with E-state index in [1.165, 1.54) is 19.1 Å². The molecule has 0 radical (unpaired) electrons. The highest BCUT2D eigenvalue weighted by molar-refractivity contribution is 5.89. The smallest absolute Gasteiger partial charge is 0.311 e. The van der Waals surface area contributed by atoms with Gasteiger partial charge < -0.3 is 20.7 Å². The molecule has 138 valence electrons. The topological polar surface area (TPSA) is 111 Å². The second-order valence-electron chi connectivity index (χ2n) is 6.76. The van der Waals surface area contributed by atoms with E-state index < -0.39 is 23.3 Å². The Labute approximate surface area is 149 Å². The highest BCUT2D eigenvalue weighted by Crippen LogP contribution is 2.45. The van der Waals surface area contributed by atoms with Crippen molar-refractivity contribution in [2.24, 2.45) is 5.41 Å². The molecule has 26 heavy (non-hydrogen) atoms. The van der Waals surface area contributed by atoms with Crippen LogP contribution in [-0.4, -0.2) is 40.5 Å². The fourth-order valence-electron chi connectivity index (χ4n) is 3.00. The summed E-state index contributed by atoms with van der Waals surface area (Å²) in [7, 11) is 0. The van der Waals surface area contributed by atoms with Crippen LogP contribution in [0.3, 0.4) is 0 Å². The lowest BCUT2D eigenvalue weighted by molar-refractivity contribution is -0.143. The van der Waals surface area contributed by atoms with Crippen LogP contribution in [0, 0.1) is 11.2 Å². The third-order valence-corrected chi connectivity index (χ3v) is 4.76. The molecular weight excluding hydrogens is 341 g/mol. The van der Waals surface area contributed by atoms with Gasteiger partial charge in [-0.1, -0.05) is 0 Å². The van der Waals surface area contributed by atoms with Crippen LogP contribution in [0.15, 0.2) is 24.4 Å². The number of rotatable bonds is 7. The van der Waals surface area contributed by atoms with Crippen molar-refractivity contribution < 1.29 is 23.9 Å². The number of carbonyl (C=O) groups is 3. The number of benzene rings is 1. The molecule has 1 aliphatic carbocycles. The fraction of sp³-hybridized carbons (Fsp3) is 0.389. The Bertz CT molecular complexity index is 872. The number of hydrogen-bond acceptors (Lipinski definition) is 3. The van der Waals surface area contributed by atoms with Gasteiger partial charge in [0.1, 0.15) is 11.9 Å². The third kappa shape index (κ3) is 3.68. The molecule has 0 aliphatic heterocycles. The molecule has 7 nitrogen and oxygen atoms in total. The second-order valence-corrected chi connectivity index (χ2v) is 6.76. The summed E-state index contributed by atoms with van der Waals surface area (Å²) in [6, 6.07) is 3.46. The lowest BCUT2D eigenvalue weighted by atomic mass is 10.0. The van der Waals surface area contributed by atoms with Gasteiger partial charge in [-0.3, -0.25) is 14.4 Å². The fourth-order valence-corrected chi connectivity index (χ4v) is 3.00. The quantitative estimate of drug-likeness (QED) is 0.596. The van der Waals surface area contributed by atoms with Gasteiger partial charge in [-0.05, 0) is 36.6 Å². The van der Waals surface area contributed by atoms with Gasteiger partial charge in [-0.25, -0.2) is 4.39 Å². The van der Waals surface area contributed by atoms with Crippen molar-refractivity contribution >= 4 is 28.7 Å². The first-order chi connectivity index (χ1) is 12.3. The Morgan fingerprint density at radius 2 is 2.08 bits per heavy atom. The molecule has 2 aromatic rings. The predicted molar refractivity (Wildman–Crippen MR) is 91.9 cm³/mol. The average Bonchev–Trinajstić information content (AvgIpc) is 3.28. The molecule has 8 heteroatoms. The van der Waals surface area contributed by atoms with Crippen LogP contribution in [-0.2, 0) is 20.8 Å². The molecule has 1 aromatic carbocycles. The molecule has 1 aliphatic rings. The summed E-state index contributed by atoms with van der Waals surface area (Å²) in [5, 5.41) is 15.2. The van der Waals surface area contributed by atoms with Crippen LogP contribution in [0.25, 0.3) is 10.9 Å². The molecule has 1 atom stereocenters. The molecule has 1 unspecified atom stereocenters. The number of hydrogen-bond donors (Lipinski definition) is 4. The molecule has 0 bridgehead atoms. The van der Waals surface area contributed by atoms with E-state index in [2.05, 4.69) is 15.6 Å². The van der Waals surface area contributed by atoms with Gasteiger partial charge in [-0.2, -0.15) is 0 Å². The molecule has 1 saturated carbocycles. The number of fused-ring (bicyclic) bond motifs is 1. The number of aromatic amines is 1. The maximum absolute atomic E-state index is 13.3. The second kappa shape index (κ2) is 6.78. The molecule has 1 fully saturated rings. The Kier molecular flexibility index (Phi) is 4.67. The first kappa shape index (κ1) is 17.9. The zero-order valence-corrected chi connectivity index (χ0v) is 14.3. The molecular formula is C18H20FN3O4. The molecule has 1 aromatic heterocycles. The van der Waals surface area contributed by atoms with Crippen LogP contribution in [0.4, 0.5) is 4.39 Å². The van der Waals surface area contributed by atoms with Gasteiger partial charge in [0.05, 0.1) is 5.41 Å². The predicted octanol–water partition coefficient (Wildman–Crippen LogP) is 1.34. The van der Waals surface area contributed by atoms with Crippen LogP contribution in [0.1, 0.15) is 25.3 Å². The molecule has 1 heterocycles. The number of halogens is 1. The van der Waals surface area contributed by atoms with E-state index >= 15 is 0 Å². The van der Waals surface area contributed by atoms with Crippen molar-refractivity contribution in [3.8, 4) is 0 Å². The summed E-state index contributed by atoms with van der Waals surface area (Å²) in [5.74, 6) is -2.10. The summed E-state index contributed by atoms with van der Waals surface area (Å²) in [6.45, 7) is 1.35. The zero-order valence-electron chi connectivity index (χ0n) is 14.3. The largest absolute Gasteiger partial charge is 0.481 e. The molecule has 3 rings (SSSR count). The zero-order chi connectivity index (χ0) is 18.9. The lowest BCUT2D eigenvalue weighted by Crippen LogP contribution is -2.49. The van der Waals surface area contributed by atoms with Crippen molar-refractivity contribution in [3.63, 3.8) is 0 Å². The number of aliphatic carboxylic acids is 1. The van der Waals surface area contributed by atoms with Crippen LogP contribution >= 0.6 is 0 Å². The van der Waals surface area contributed by atoms with Gasteiger partial charge in [0, 0.05) is 37.0 Å². The van der Waals surface area contributed by atoms with Gasteiger partial charge >= 0.3 is 5.97 Å². The molecule has 4 N–H and O–H groups in total. The monoisotopic (exact) mass is 361 g/mol. The van der Waals surface area contributed by atoms with Crippen LogP contribution in [0.5, 0.6) is 0 Å². The van der Waals surface area contributed by atoms with E-state index in [0.717, 1.165) is 10.9 Å². The van der Waals surface area contributed by atoms with E-state index in [0.29, 0.717) is 18.4 Å². The Morgan fingerprint density at radius 3 is 2.69 bits per heavy atom. The minimum absolute atomic E-state index is 0.0380. The van der Waals surface area contributed by atoms with E-state index in [9.17, 15) is 23.9 Å². The maximum Gasteiger partial charge on any atom is 0.311 e. The third-order valence-electron chi connectivity index (χ3n) is 4.76. The number of aromatic nitrogens is 1. The number of H-pyrrole nitrogens is 1. The van der Waals surface area contributed by atoms with Crippen molar-refractivity contribution in [1.29, 1.82) is 0 Å². The SMILES string of the molecule is CC(=O)NC(Cc1c[nH]c2cc(F)ccc12)C(=O)NCC1(C(=O)O)CC1. The molecule has 2 amide bonds. The Balaban J connectivity index is 1.73. The molecule has 0 saturated heterocycles. The van der Waals surface area contributed by atoms with Crippen molar-refractivity contribution in [3.05, 3.63) is 35.8 Å². The van der Waals surface area contributed by atoms with Gasteiger partial charge in [0.25, 0.3) is 0 Å². The first-order valence-electron chi connectivity index (χ1n) is 8.34. The number of carbonyl (C=O) groups excluding carboxylic acids is 2. The summed E-state index contributed by atoms with van der Waals surface area (Å²) < 4.78 is 13.3. The summed E-state index contributed by atoms with van der Waals surface area (Å²) in [5.41, 5.74) is 0.479. The van der Waals surface area contributed by atoms with E-state index in [1.807, 2.05) is 0 Å². The summed E-state index contributed by atoms with van der Waals surface area (Å²) >= 11 is 0. The minimum Gasteiger partial charge on any atom is -0.481 e. The molecule has 0 spiro atoms. The van der Waals surface area contributed by atoms with Crippen LogP contribution in [0.2, 0.25) is 0 Å². The Morgan fingerprint density at radius 1 is 1.35 bits per heavy atom. The van der Waals surface area contributed by atoms with E-state index in [1.54, 1.807) is 12.3 Å². The minimum atomic E-state index is -0.924. The van der Waals surface area contributed by atoms with Crippen LogP contribution < -0.4 is 10.6 Å². The number of carboxylic acids is 1. The summed E-state index contributed by atoms with van der Waals surface area (Å²) in [4.78, 5) is 38.1. The summed E-state index contributed by atoms with van der Waals surface area (Å²) in [6.07, 6.45) is 2.94. The average molecular weight is 361 g/mol. The number of carboxylic acid groups (broad SMARTS) is 1.